The molecule has 3 aromatic rings. The van der Waals surface area contributed by atoms with Gasteiger partial charge in [0.15, 0.2) is 17.6 Å². The summed E-state index contributed by atoms with van der Waals surface area (Å²) in [6.45, 7) is 5.54. The van der Waals surface area contributed by atoms with Crippen LogP contribution in [0.1, 0.15) is 34.8 Å². The fraction of sp³-hybridized carbons (Fsp3) is 0.261. The summed E-state index contributed by atoms with van der Waals surface area (Å²) in [5.74, 6) is 0.171. The van der Waals surface area contributed by atoms with E-state index < -0.39 is 18.0 Å². The van der Waals surface area contributed by atoms with Gasteiger partial charge in [0.05, 0.1) is 5.69 Å². The summed E-state index contributed by atoms with van der Waals surface area (Å²) in [4.78, 5) is 30.0. The van der Waals surface area contributed by atoms with Crippen molar-refractivity contribution in [1.29, 1.82) is 0 Å². The third kappa shape index (κ3) is 4.54. The third-order valence-corrected chi connectivity index (χ3v) is 6.07. The molecule has 0 saturated heterocycles. The predicted molar refractivity (Wildman–Crippen MR) is 118 cm³/mol. The number of hydrogen-bond acceptors (Lipinski definition) is 7. The summed E-state index contributed by atoms with van der Waals surface area (Å²) < 4.78 is 16.0. The smallest absolute Gasteiger partial charge is 0.351 e. The molecule has 2 heterocycles. The van der Waals surface area contributed by atoms with Crippen molar-refractivity contribution < 1.29 is 23.8 Å². The number of ether oxygens (including phenoxy) is 3. The van der Waals surface area contributed by atoms with Crippen LogP contribution in [-0.4, -0.2) is 29.8 Å². The highest BCUT2D eigenvalue weighted by Gasteiger charge is 2.24. The lowest BCUT2D eigenvalue weighted by molar-refractivity contribution is -0.123. The number of amides is 1. The van der Waals surface area contributed by atoms with Crippen LogP contribution in [0.15, 0.2) is 42.5 Å². The number of nitrogens with one attached hydrogen (secondary N) is 1. The fourth-order valence-electron chi connectivity index (χ4n) is 3.08. The molecule has 7 nitrogen and oxygen atoms in total. The first-order valence-corrected chi connectivity index (χ1v) is 10.7. The van der Waals surface area contributed by atoms with E-state index >= 15 is 0 Å². The minimum atomic E-state index is -0.980. The van der Waals surface area contributed by atoms with Crippen LogP contribution in [0.3, 0.4) is 0 Å². The lowest BCUT2D eigenvalue weighted by Gasteiger charge is -2.13. The number of benzene rings is 2. The molecule has 0 spiro atoms. The average Bonchev–Trinajstić information content (AvgIpc) is 3.39. The number of rotatable bonds is 6. The zero-order valence-corrected chi connectivity index (χ0v) is 18.2. The molecular weight excluding hydrogens is 416 g/mol. The lowest BCUT2D eigenvalue weighted by Crippen LogP contribution is -2.29. The second-order valence-electron chi connectivity index (χ2n) is 7.09. The molecule has 8 heteroatoms. The van der Waals surface area contributed by atoms with E-state index in [2.05, 4.69) is 17.2 Å². The van der Waals surface area contributed by atoms with E-state index in [0.29, 0.717) is 27.8 Å². The van der Waals surface area contributed by atoms with E-state index in [1.54, 1.807) is 25.1 Å². The zero-order valence-electron chi connectivity index (χ0n) is 17.4. The second-order valence-corrected chi connectivity index (χ2v) is 8.09. The number of carbonyl (C=O) groups excluding carboxylic acids is 2. The van der Waals surface area contributed by atoms with Crippen molar-refractivity contribution in [3.05, 3.63) is 58.6 Å². The van der Waals surface area contributed by atoms with E-state index in [9.17, 15) is 9.59 Å². The van der Waals surface area contributed by atoms with Gasteiger partial charge in [-0.05, 0) is 38.0 Å². The fourth-order valence-corrected chi connectivity index (χ4v) is 4.03. The van der Waals surface area contributed by atoms with Crippen molar-refractivity contribution in [2.75, 3.05) is 12.1 Å². The molecule has 0 saturated carbocycles. The minimum Gasteiger partial charge on any atom is -0.454 e. The minimum absolute atomic E-state index is 0.152. The number of fused-ring (bicyclic) bond motifs is 1. The highest BCUT2D eigenvalue weighted by atomic mass is 32.1. The predicted octanol–water partition coefficient (Wildman–Crippen LogP) is 4.59. The third-order valence-electron chi connectivity index (χ3n) is 4.88. The maximum Gasteiger partial charge on any atom is 0.351 e. The topological polar surface area (TPSA) is 86.8 Å². The number of anilines is 1. The van der Waals surface area contributed by atoms with Crippen molar-refractivity contribution in [1.82, 2.24) is 4.98 Å². The Morgan fingerprint density at radius 1 is 1.16 bits per heavy atom. The van der Waals surface area contributed by atoms with Gasteiger partial charge >= 0.3 is 5.97 Å². The number of aryl methyl sites for hydroxylation is 2. The first-order chi connectivity index (χ1) is 14.9. The number of carbonyl (C=O) groups is 2. The molecule has 0 radical (unpaired) electrons. The highest BCUT2D eigenvalue weighted by Crippen LogP contribution is 2.34. The Balaban J connectivity index is 1.41. The Kier molecular flexibility index (Phi) is 5.90. The molecule has 4 rings (SSSR count). The van der Waals surface area contributed by atoms with Crippen molar-refractivity contribution in [3.8, 4) is 22.1 Å². The first-order valence-electron chi connectivity index (χ1n) is 9.93. The van der Waals surface area contributed by atoms with Gasteiger partial charge in [0.2, 0.25) is 6.79 Å². The van der Waals surface area contributed by atoms with E-state index in [1.807, 2.05) is 24.3 Å². The Bertz CT molecular complexity index is 1120. The molecule has 1 amide bonds. The molecular formula is C23H22N2O5S. The molecule has 2 aromatic carbocycles. The van der Waals surface area contributed by atoms with E-state index in [-0.39, 0.29) is 6.79 Å². The quantitative estimate of drug-likeness (QED) is 0.567. The molecule has 1 atom stereocenters. The van der Waals surface area contributed by atoms with Gasteiger partial charge in [-0.1, -0.05) is 31.2 Å². The van der Waals surface area contributed by atoms with Crippen molar-refractivity contribution in [2.45, 2.75) is 33.3 Å². The molecule has 0 aliphatic carbocycles. The SMILES string of the molecule is CCc1ccc(-c2nc(C)c(C(=O)OC(C)C(=O)Nc3ccc4c(c3)OCO4)s2)cc1. The van der Waals surface area contributed by atoms with Crippen LogP contribution >= 0.6 is 11.3 Å². The van der Waals surface area contributed by atoms with Crippen molar-refractivity contribution in [2.24, 2.45) is 0 Å². The number of thiazole rings is 1. The maximum absolute atomic E-state index is 12.7. The number of nitrogens with zero attached hydrogens (tertiary/aromatic N) is 1. The van der Waals surface area contributed by atoms with Crippen LogP contribution in [0.4, 0.5) is 5.69 Å². The molecule has 160 valence electrons. The summed E-state index contributed by atoms with van der Waals surface area (Å²) in [5, 5.41) is 3.46. The second kappa shape index (κ2) is 8.77. The van der Waals surface area contributed by atoms with Crippen LogP contribution in [-0.2, 0) is 16.0 Å². The standard InChI is InChI=1S/C23H22N2O5S/c1-4-15-5-7-16(8-6-15)22-24-13(2)20(31-22)23(27)30-14(3)21(26)25-17-9-10-18-19(11-17)29-12-28-18/h5-11,14H,4,12H2,1-3H3,(H,25,26). The number of hydrogen-bond donors (Lipinski definition) is 1. The van der Waals surface area contributed by atoms with Crippen molar-refractivity contribution >= 4 is 28.9 Å². The Morgan fingerprint density at radius 2 is 1.90 bits per heavy atom. The van der Waals surface area contributed by atoms with E-state index in [0.717, 1.165) is 17.0 Å². The summed E-state index contributed by atoms with van der Waals surface area (Å²) in [5.41, 5.74) is 3.29. The van der Waals surface area contributed by atoms with Gasteiger partial charge < -0.3 is 19.5 Å². The lowest BCUT2D eigenvalue weighted by atomic mass is 10.1. The average molecular weight is 439 g/mol. The van der Waals surface area contributed by atoms with Gasteiger partial charge in [-0.2, -0.15) is 0 Å². The van der Waals surface area contributed by atoms with Gasteiger partial charge in [0, 0.05) is 17.3 Å². The largest absolute Gasteiger partial charge is 0.454 e. The van der Waals surface area contributed by atoms with E-state index in [4.69, 9.17) is 14.2 Å². The molecule has 1 N–H and O–H groups in total. The Labute approximate surface area is 184 Å². The van der Waals surface area contributed by atoms with Crippen LogP contribution in [0.2, 0.25) is 0 Å². The zero-order chi connectivity index (χ0) is 22.0. The summed E-state index contributed by atoms with van der Waals surface area (Å²) >= 11 is 1.26. The van der Waals surface area contributed by atoms with Gasteiger partial charge in [-0.15, -0.1) is 11.3 Å². The summed E-state index contributed by atoms with van der Waals surface area (Å²) in [6.07, 6.45) is -0.0206. The number of aromatic nitrogens is 1. The number of esters is 1. The van der Waals surface area contributed by atoms with Gasteiger partial charge in [-0.25, -0.2) is 9.78 Å². The molecule has 0 fully saturated rings. The van der Waals surface area contributed by atoms with Crippen LogP contribution in [0.25, 0.3) is 10.6 Å². The Hall–Kier alpha value is -3.39. The molecule has 1 aliphatic heterocycles. The molecule has 0 bridgehead atoms. The summed E-state index contributed by atoms with van der Waals surface area (Å²) in [7, 11) is 0. The van der Waals surface area contributed by atoms with Crippen LogP contribution in [0.5, 0.6) is 11.5 Å². The normalized spacial score (nSPS) is 13.0. The van der Waals surface area contributed by atoms with Crippen molar-refractivity contribution in [3.63, 3.8) is 0 Å². The first kappa shape index (κ1) is 20.9. The monoisotopic (exact) mass is 438 g/mol. The van der Waals surface area contributed by atoms with Crippen LogP contribution in [0, 0.1) is 6.92 Å². The van der Waals surface area contributed by atoms with Crippen LogP contribution < -0.4 is 14.8 Å². The molecule has 1 aromatic heterocycles. The maximum atomic E-state index is 12.7. The summed E-state index contributed by atoms with van der Waals surface area (Å²) in [6, 6.07) is 13.2. The van der Waals surface area contributed by atoms with Gasteiger partial charge in [0.25, 0.3) is 5.91 Å². The van der Waals surface area contributed by atoms with Gasteiger partial charge in [0.1, 0.15) is 9.88 Å². The molecule has 1 unspecified atom stereocenters. The molecule has 31 heavy (non-hydrogen) atoms. The van der Waals surface area contributed by atoms with E-state index in [1.165, 1.54) is 23.8 Å². The highest BCUT2D eigenvalue weighted by molar-refractivity contribution is 7.17. The van der Waals surface area contributed by atoms with Gasteiger partial charge in [-0.3, -0.25) is 4.79 Å². The molecule has 1 aliphatic rings. The Morgan fingerprint density at radius 3 is 2.65 bits per heavy atom.